The predicted octanol–water partition coefficient (Wildman–Crippen LogP) is 1.94. The summed E-state index contributed by atoms with van der Waals surface area (Å²) in [5.41, 5.74) is 0.910. The maximum absolute atomic E-state index is 11.5. The van der Waals surface area contributed by atoms with Gasteiger partial charge in [-0.3, -0.25) is 4.79 Å². The molecule has 0 saturated carbocycles. The molecule has 14 heavy (non-hydrogen) atoms. The van der Waals surface area contributed by atoms with Gasteiger partial charge in [-0.15, -0.1) is 0 Å². The summed E-state index contributed by atoms with van der Waals surface area (Å²) < 4.78 is 0. The minimum Gasteiger partial charge on any atom is -0.299 e. The molecule has 1 rings (SSSR count). The lowest BCUT2D eigenvalue weighted by Crippen LogP contribution is -2.09. The topological polar surface area (TPSA) is 42.9 Å². The van der Waals surface area contributed by atoms with E-state index in [1.165, 1.54) is 0 Å². The van der Waals surface area contributed by atoms with Crippen LogP contribution in [-0.2, 0) is 11.2 Å². The maximum Gasteiger partial charge on any atom is 0.140 e. The largest absolute Gasteiger partial charge is 0.299 e. The van der Waals surface area contributed by atoms with E-state index in [2.05, 4.69) is 9.97 Å². The molecule has 0 aromatic carbocycles. The highest BCUT2D eigenvalue weighted by atomic mass is 16.1. The lowest BCUT2D eigenvalue weighted by molar-refractivity contribution is -0.119. The van der Waals surface area contributed by atoms with Gasteiger partial charge < -0.3 is 0 Å². The van der Waals surface area contributed by atoms with Crippen LogP contribution in [0.2, 0.25) is 0 Å². The Balaban J connectivity index is 2.56. The molecule has 3 heteroatoms. The van der Waals surface area contributed by atoms with Crippen molar-refractivity contribution in [1.82, 2.24) is 9.97 Å². The van der Waals surface area contributed by atoms with Crippen molar-refractivity contribution in [2.45, 2.75) is 33.6 Å². The molecular formula is C11H16N2O. The zero-order valence-corrected chi connectivity index (χ0v) is 8.95. The van der Waals surface area contributed by atoms with Crippen LogP contribution in [0.4, 0.5) is 0 Å². The summed E-state index contributed by atoms with van der Waals surface area (Å²) in [5.74, 6) is 1.26. The fraction of sp³-hybridized carbons (Fsp3) is 0.545. The molecule has 0 spiro atoms. The molecule has 0 unspecified atom stereocenters. The molecule has 0 saturated heterocycles. The van der Waals surface area contributed by atoms with Crippen LogP contribution in [0, 0.1) is 12.8 Å². The number of hydrogen-bond acceptors (Lipinski definition) is 3. The van der Waals surface area contributed by atoms with Gasteiger partial charge in [0.15, 0.2) is 0 Å². The third-order valence-electron chi connectivity index (χ3n) is 1.84. The van der Waals surface area contributed by atoms with Gasteiger partial charge in [-0.05, 0) is 18.9 Å². The molecule has 3 nitrogen and oxygen atoms in total. The number of aromatic nitrogens is 2. The number of ketones is 1. The Morgan fingerprint density at radius 1 is 1.50 bits per heavy atom. The number of carbonyl (C=O) groups is 1. The first-order chi connectivity index (χ1) is 6.58. The van der Waals surface area contributed by atoms with Crippen molar-refractivity contribution in [2.75, 3.05) is 0 Å². The Bertz CT molecular complexity index is 321. The van der Waals surface area contributed by atoms with Gasteiger partial charge in [0.25, 0.3) is 0 Å². The van der Waals surface area contributed by atoms with Crippen LogP contribution in [0.3, 0.4) is 0 Å². The van der Waals surface area contributed by atoms with Crippen LogP contribution >= 0.6 is 0 Å². The van der Waals surface area contributed by atoms with Gasteiger partial charge in [-0.2, -0.15) is 0 Å². The molecule has 0 amide bonds. The lowest BCUT2D eigenvalue weighted by atomic mass is 10.1. The summed E-state index contributed by atoms with van der Waals surface area (Å²) in [6, 6.07) is 1.83. The molecule has 1 aromatic heterocycles. The van der Waals surface area contributed by atoms with Crippen LogP contribution in [-0.4, -0.2) is 15.8 Å². The number of rotatable bonds is 4. The predicted molar refractivity (Wildman–Crippen MR) is 54.9 cm³/mol. The average molecular weight is 192 g/mol. The Kier molecular flexibility index (Phi) is 3.74. The normalized spacial score (nSPS) is 10.6. The van der Waals surface area contributed by atoms with Crippen molar-refractivity contribution in [3.05, 3.63) is 23.8 Å². The molecule has 1 heterocycles. The standard InChI is InChI=1S/C11H16N2O/c1-8(2)6-10(14)7-11-12-5-4-9(3)13-11/h4-5,8H,6-7H2,1-3H3. The number of hydrogen-bond donors (Lipinski definition) is 0. The van der Waals surface area contributed by atoms with E-state index in [0.717, 1.165) is 5.69 Å². The van der Waals surface area contributed by atoms with Gasteiger partial charge >= 0.3 is 0 Å². The molecule has 0 radical (unpaired) electrons. The van der Waals surface area contributed by atoms with Crippen molar-refractivity contribution in [3.63, 3.8) is 0 Å². The number of nitrogens with zero attached hydrogens (tertiary/aromatic N) is 2. The van der Waals surface area contributed by atoms with Crippen LogP contribution in [0.1, 0.15) is 31.8 Å². The van der Waals surface area contributed by atoms with E-state index in [9.17, 15) is 4.79 Å². The van der Waals surface area contributed by atoms with Crippen molar-refractivity contribution < 1.29 is 4.79 Å². The monoisotopic (exact) mass is 192 g/mol. The van der Waals surface area contributed by atoms with Gasteiger partial charge in [-0.1, -0.05) is 13.8 Å². The van der Waals surface area contributed by atoms with E-state index in [0.29, 0.717) is 24.6 Å². The van der Waals surface area contributed by atoms with E-state index in [-0.39, 0.29) is 5.78 Å². The zero-order valence-electron chi connectivity index (χ0n) is 8.95. The summed E-state index contributed by atoms with van der Waals surface area (Å²) in [4.78, 5) is 19.7. The van der Waals surface area contributed by atoms with E-state index >= 15 is 0 Å². The van der Waals surface area contributed by atoms with Crippen molar-refractivity contribution in [3.8, 4) is 0 Å². The first kappa shape index (κ1) is 10.8. The van der Waals surface area contributed by atoms with Gasteiger partial charge in [0, 0.05) is 18.3 Å². The molecule has 76 valence electrons. The molecule has 0 aliphatic rings. The molecular weight excluding hydrogens is 176 g/mol. The quantitative estimate of drug-likeness (QED) is 0.732. The minimum absolute atomic E-state index is 0.214. The van der Waals surface area contributed by atoms with E-state index in [1.54, 1.807) is 6.20 Å². The summed E-state index contributed by atoms with van der Waals surface area (Å²) in [6.45, 7) is 5.97. The Morgan fingerprint density at radius 3 is 2.79 bits per heavy atom. The van der Waals surface area contributed by atoms with Crippen LogP contribution in [0.5, 0.6) is 0 Å². The third kappa shape index (κ3) is 3.64. The van der Waals surface area contributed by atoms with Crippen LogP contribution in [0.15, 0.2) is 12.3 Å². The van der Waals surface area contributed by atoms with E-state index in [1.807, 2.05) is 26.8 Å². The molecule has 1 aromatic rings. The van der Waals surface area contributed by atoms with Crippen molar-refractivity contribution in [1.29, 1.82) is 0 Å². The summed E-state index contributed by atoms with van der Waals surface area (Å²) in [7, 11) is 0. The van der Waals surface area contributed by atoms with Crippen LogP contribution in [0.25, 0.3) is 0 Å². The van der Waals surface area contributed by atoms with E-state index in [4.69, 9.17) is 0 Å². The SMILES string of the molecule is Cc1ccnc(CC(=O)CC(C)C)n1. The minimum atomic E-state index is 0.214. The smallest absolute Gasteiger partial charge is 0.140 e. The van der Waals surface area contributed by atoms with Gasteiger partial charge in [0.2, 0.25) is 0 Å². The maximum atomic E-state index is 11.5. The zero-order chi connectivity index (χ0) is 10.6. The molecule has 0 bridgehead atoms. The third-order valence-corrected chi connectivity index (χ3v) is 1.84. The molecule has 0 aliphatic carbocycles. The fourth-order valence-electron chi connectivity index (χ4n) is 1.29. The Morgan fingerprint density at radius 2 is 2.21 bits per heavy atom. The summed E-state index contributed by atoms with van der Waals surface area (Å²) in [6.07, 6.45) is 2.66. The number of aryl methyl sites for hydroxylation is 1. The highest BCUT2D eigenvalue weighted by molar-refractivity contribution is 5.80. The highest BCUT2D eigenvalue weighted by Gasteiger charge is 2.07. The Labute approximate surface area is 84.6 Å². The molecule has 0 N–H and O–H groups in total. The highest BCUT2D eigenvalue weighted by Crippen LogP contribution is 2.03. The van der Waals surface area contributed by atoms with Crippen molar-refractivity contribution in [2.24, 2.45) is 5.92 Å². The van der Waals surface area contributed by atoms with Gasteiger partial charge in [-0.25, -0.2) is 9.97 Å². The second-order valence-corrected chi connectivity index (χ2v) is 3.93. The molecule has 0 atom stereocenters. The molecule has 0 fully saturated rings. The second kappa shape index (κ2) is 4.84. The van der Waals surface area contributed by atoms with Gasteiger partial charge in [0.1, 0.15) is 11.6 Å². The fourth-order valence-corrected chi connectivity index (χ4v) is 1.29. The average Bonchev–Trinajstić information content (AvgIpc) is 2.01. The van der Waals surface area contributed by atoms with Crippen molar-refractivity contribution >= 4 is 5.78 Å². The first-order valence-corrected chi connectivity index (χ1v) is 4.88. The molecule has 0 aliphatic heterocycles. The summed E-state index contributed by atoms with van der Waals surface area (Å²) >= 11 is 0. The number of carbonyl (C=O) groups excluding carboxylic acids is 1. The second-order valence-electron chi connectivity index (χ2n) is 3.93. The Hall–Kier alpha value is -1.25. The number of Topliss-reactive ketones (excluding diaryl/α,β-unsaturated/α-hetero) is 1. The lowest BCUT2D eigenvalue weighted by Gasteiger charge is -2.03. The summed E-state index contributed by atoms with van der Waals surface area (Å²) in [5, 5.41) is 0. The first-order valence-electron chi connectivity index (χ1n) is 4.88. The van der Waals surface area contributed by atoms with E-state index < -0.39 is 0 Å². The van der Waals surface area contributed by atoms with Gasteiger partial charge in [0.05, 0.1) is 6.42 Å². The van der Waals surface area contributed by atoms with Crippen LogP contribution < -0.4 is 0 Å².